The Morgan fingerprint density at radius 1 is 1.17 bits per heavy atom. The number of rotatable bonds is 4. The number of carbonyl (C=O) groups is 1. The highest BCUT2D eigenvalue weighted by Gasteiger charge is 2.34. The van der Waals surface area contributed by atoms with Crippen molar-refractivity contribution in [3.63, 3.8) is 0 Å². The van der Waals surface area contributed by atoms with Crippen LogP contribution in [0.4, 0.5) is 0 Å². The van der Waals surface area contributed by atoms with E-state index in [4.69, 9.17) is 11.6 Å². The number of hydrogen-bond donors (Lipinski definition) is 1. The first-order chi connectivity index (χ1) is 14.4. The summed E-state index contributed by atoms with van der Waals surface area (Å²) in [7, 11) is -3.78. The zero-order valence-electron chi connectivity index (χ0n) is 15.6. The minimum atomic E-state index is -3.78. The average Bonchev–Trinajstić information content (AvgIpc) is 3.32. The van der Waals surface area contributed by atoms with E-state index in [0.717, 1.165) is 27.9 Å². The lowest BCUT2D eigenvalue weighted by molar-refractivity contribution is -0.134. The third kappa shape index (κ3) is 3.45. The molecule has 1 N–H and O–H groups in total. The number of nitrogens with one attached hydrogen (secondary N) is 1. The monoisotopic (exact) mass is 461 g/mol. The van der Waals surface area contributed by atoms with Crippen molar-refractivity contribution in [2.24, 2.45) is 0 Å². The first-order valence-electron chi connectivity index (χ1n) is 9.16. The fourth-order valence-corrected chi connectivity index (χ4v) is 6.58. The summed E-state index contributed by atoms with van der Waals surface area (Å²) in [6, 6.07) is 8.81. The molecule has 0 atom stereocenters. The smallest absolute Gasteiger partial charge is 0.253 e. The maximum Gasteiger partial charge on any atom is 0.253 e. The molecule has 1 aliphatic heterocycles. The van der Waals surface area contributed by atoms with Crippen molar-refractivity contribution in [3.8, 4) is 0 Å². The molecule has 5 rings (SSSR count). The van der Waals surface area contributed by atoms with Gasteiger partial charge in [-0.3, -0.25) is 9.78 Å². The van der Waals surface area contributed by atoms with Gasteiger partial charge in [0.1, 0.15) is 14.2 Å². The summed E-state index contributed by atoms with van der Waals surface area (Å²) >= 11 is 6.96. The van der Waals surface area contributed by atoms with E-state index < -0.39 is 10.0 Å². The molecular weight excluding hydrogens is 446 g/mol. The highest BCUT2D eigenvalue weighted by molar-refractivity contribution is 7.91. The number of carbonyl (C=O) groups excluding carboxylic acids is 1. The first-order valence-corrected chi connectivity index (χ1v) is 11.8. The van der Waals surface area contributed by atoms with Gasteiger partial charge in [0.2, 0.25) is 5.91 Å². The number of pyridine rings is 2. The second-order valence-electron chi connectivity index (χ2n) is 7.01. The summed E-state index contributed by atoms with van der Waals surface area (Å²) in [6.07, 6.45) is 3.45. The highest BCUT2D eigenvalue weighted by atomic mass is 35.5. The number of hydrogen-bond acceptors (Lipinski definition) is 6. The van der Waals surface area contributed by atoms with Gasteiger partial charge >= 0.3 is 0 Å². The van der Waals surface area contributed by atoms with Gasteiger partial charge in [0, 0.05) is 35.8 Å². The predicted molar refractivity (Wildman–Crippen MR) is 115 cm³/mol. The highest BCUT2D eigenvalue weighted by Crippen LogP contribution is 2.31. The molecule has 0 unspecified atom stereocenters. The molecule has 0 saturated carbocycles. The Balaban J connectivity index is 1.33. The maximum absolute atomic E-state index is 13.1. The van der Waals surface area contributed by atoms with Gasteiger partial charge in [-0.1, -0.05) is 11.6 Å². The Hall–Kier alpha value is -2.53. The van der Waals surface area contributed by atoms with E-state index >= 15 is 0 Å². The molecule has 154 valence electrons. The Morgan fingerprint density at radius 2 is 2.03 bits per heavy atom. The average molecular weight is 462 g/mol. The summed E-state index contributed by atoms with van der Waals surface area (Å²) in [6.45, 7) is 0.762. The van der Waals surface area contributed by atoms with Gasteiger partial charge in [-0.05, 0) is 30.3 Å². The molecule has 1 saturated heterocycles. The zero-order valence-corrected chi connectivity index (χ0v) is 18.0. The number of halogens is 1. The van der Waals surface area contributed by atoms with Crippen molar-refractivity contribution in [1.82, 2.24) is 24.2 Å². The van der Waals surface area contributed by atoms with Crippen molar-refractivity contribution >= 4 is 60.0 Å². The second-order valence-corrected chi connectivity index (χ2v) is 10.6. The third-order valence-corrected chi connectivity index (χ3v) is 8.59. The predicted octanol–water partition coefficient (Wildman–Crippen LogP) is 2.86. The van der Waals surface area contributed by atoms with Crippen molar-refractivity contribution in [3.05, 3.63) is 53.6 Å². The zero-order chi connectivity index (χ0) is 20.9. The minimum Gasteiger partial charge on any atom is -0.356 e. The molecule has 8 nitrogen and oxygen atoms in total. The number of aromatic nitrogens is 3. The maximum atomic E-state index is 13.1. The Bertz CT molecular complexity index is 1350. The lowest BCUT2D eigenvalue weighted by Gasteiger charge is -2.33. The number of fused-ring (bicyclic) bond motifs is 2. The van der Waals surface area contributed by atoms with Crippen LogP contribution in [0.3, 0.4) is 0 Å². The Morgan fingerprint density at radius 3 is 2.83 bits per heavy atom. The van der Waals surface area contributed by atoms with Crippen LogP contribution in [0.15, 0.2) is 46.9 Å². The third-order valence-electron chi connectivity index (χ3n) is 5.05. The van der Waals surface area contributed by atoms with Gasteiger partial charge < -0.3 is 9.88 Å². The van der Waals surface area contributed by atoms with E-state index in [1.807, 2.05) is 12.1 Å². The topological polar surface area (TPSA) is 99.3 Å². The van der Waals surface area contributed by atoms with Crippen LogP contribution in [0, 0.1) is 0 Å². The molecular formula is C19H16ClN5O3S2. The minimum absolute atomic E-state index is 0.164. The molecule has 0 bridgehead atoms. The van der Waals surface area contributed by atoms with E-state index in [1.54, 1.807) is 35.5 Å². The van der Waals surface area contributed by atoms with E-state index in [9.17, 15) is 13.2 Å². The summed E-state index contributed by atoms with van der Waals surface area (Å²) in [5, 5.41) is 2.04. The summed E-state index contributed by atoms with van der Waals surface area (Å²) in [5.74, 6) is -0.233. The number of aromatic amines is 1. The van der Waals surface area contributed by atoms with Gasteiger partial charge in [-0.2, -0.15) is 4.31 Å². The Labute approximate surface area is 181 Å². The van der Waals surface area contributed by atoms with Gasteiger partial charge in [0.15, 0.2) is 0 Å². The molecule has 5 heterocycles. The van der Waals surface area contributed by atoms with Crippen LogP contribution in [0.5, 0.6) is 0 Å². The van der Waals surface area contributed by atoms with Crippen molar-refractivity contribution in [1.29, 1.82) is 0 Å². The number of thiophene rings is 1. The van der Waals surface area contributed by atoms with Crippen molar-refractivity contribution < 1.29 is 13.2 Å². The van der Waals surface area contributed by atoms with Gasteiger partial charge in [-0.15, -0.1) is 11.3 Å². The number of sulfonamides is 1. The standard InChI is InChI=1S/C19H16ClN5O3S2/c20-16-2-1-13-8-18(29-19(13)23-16)30(27,28)25-6-5-24(17(26)11-25)10-14-7-12-3-4-21-9-15(12)22-14/h1-4,7-9,22H,5-6,10-11H2. The molecule has 0 aliphatic carbocycles. The summed E-state index contributed by atoms with van der Waals surface area (Å²) in [5.41, 5.74) is 1.79. The quantitative estimate of drug-likeness (QED) is 0.471. The molecule has 30 heavy (non-hydrogen) atoms. The van der Waals surface area contributed by atoms with Crippen LogP contribution >= 0.6 is 22.9 Å². The molecule has 1 aliphatic rings. The number of piperazine rings is 1. The normalized spacial score (nSPS) is 16.0. The van der Waals surface area contributed by atoms with Crippen LogP contribution < -0.4 is 0 Å². The molecule has 1 fully saturated rings. The fourth-order valence-electron chi connectivity index (χ4n) is 3.51. The number of H-pyrrole nitrogens is 1. The first kappa shape index (κ1) is 19.4. The molecule has 1 amide bonds. The SMILES string of the molecule is O=C1CN(S(=O)(=O)c2cc3ccc(Cl)nc3s2)CCN1Cc1cc2ccncc2[nH]1. The molecule has 0 aromatic carbocycles. The van der Waals surface area contributed by atoms with Crippen molar-refractivity contribution in [2.45, 2.75) is 10.8 Å². The molecule has 0 radical (unpaired) electrons. The molecule has 11 heteroatoms. The lowest BCUT2D eigenvalue weighted by Crippen LogP contribution is -2.51. The largest absolute Gasteiger partial charge is 0.356 e. The van der Waals surface area contributed by atoms with E-state index in [-0.39, 0.29) is 23.2 Å². The second kappa shape index (κ2) is 7.31. The van der Waals surface area contributed by atoms with Crippen LogP contribution in [0.1, 0.15) is 5.69 Å². The van der Waals surface area contributed by atoms with Gasteiger partial charge in [0.05, 0.1) is 24.8 Å². The van der Waals surface area contributed by atoms with Gasteiger partial charge in [-0.25, -0.2) is 13.4 Å². The number of amides is 1. The molecule has 4 aromatic rings. The van der Waals surface area contributed by atoms with Crippen molar-refractivity contribution in [2.75, 3.05) is 19.6 Å². The van der Waals surface area contributed by atoms with Crippen LogP contribution in [-0.2, 0) is 21.4 Å². The van der Waals surface area contributed by atoms with Gasteiger partial charge in [0.25, 0.3) is 10.0 Å². The molecule has 4 aromatic heterocycles. The van der Waals surface area contributed by atoms with E-state index in [0.29, 0.717) is 28.5 Å². The molecule has 0 spiro atoms. The fraction of sp³-hybridized carbons (Fsp3) is 0.211. The summed E-state index contributed by atoms with van der Waals surface area (Å²) in [4.78, 5) is 26.4. The summed E-state index contributed by atoms with van der Waals surface area (Å²) < 4.78 is 27.5. The van der Waals surface area contributed by atoms with Crippen LogP contribution in [0.25, 0.3) is 21.1 Å². The lowest BCUT2D eigenvalue weighted by atomic mass is 10.3. The van der Waals surface area contributed by atoms with Crippen LogP contribution in [0.2, 0.25) is 5.15 Å². The van der Waals surface area contributed by atoms with E-state index in [1.165, 1.54) is 4.31 Å². The van der Waals surface area contributed by atoms with Crippen LogP contribution in [-0.4, -0.2) is 58.1 Å². The van der Waals surface area contributed by atoms with E-state index in [2.05, 4.69) is 15.0 Å². The number of nitrogens with zero attached hydrogens (tertiary/aromatic N) is 4. The Kier molecular flexibility index (Phi) is 4.73.